The predicted molar refractivity (Wildman–Crippen MR) is 127 cm³/mol. The molecule has 1 saturated heterocycles. The Labute approximate surface area is 206 Å². The van der Waals surface area contributed by atoms with Crippen molar-refractivity contribution in [3.8, 4) is 11.5 Å². The molecule has 1 N–H and O–H groups in total. The largest absolute Gasteiger partial charge is 0.493 e. The van der Waals surface area contributed by atoms with E-state index < -0.39 is 29.0 Å². The van der Waals surface area contributed by atoms with Crippen molar-refractivity contribution in [3.05, 3.63) is 35.4 Å². The number of carbonyl (C=O) groups excluding carboxylic acids is 2. The fourth-order valence-corrected chi connectivity index (χ4v) is 4.88. The van der Waals surface area contributed by atoms with E-state index in [0.29, 0.717) is 50.7 Å². The van der Waals surface area contributed by atoms with Gasteiger partial charge in [-0.2, -0.15) is 0 Å². The maximum absolute atomic E-state index is 12.7. The summed E-state index contributed by atoms with van der Waals surface area (Å²) in [5.41, 5.74) is 0.554. The van der Waals surface area contributed by atoms with Crippen LogP contribution in [-0.2, 0) is 35.6 Å². The lowest BCUT2D eigenvalue weighted by Crippen LogP contribution is -2.55. The molecule has 2 aliphatic heterocycles. The first kappa shape index (κ1) is 25.3. The summed E-state index contributed by atoms with van der Waals surface area (Å²) in [7, 11) is 1.58. The van der Waals surface area contributed by atoms with E-state index in [1.54, 1.807) is 14.0 Å². The van der Waals surface area contributed by atoms with Crippen LogP contribution >= 0.6 is 0 Å². The molecular weight excluding hydrogens is 454 g/mol. The third kappa shape index (κ3) is 5.26. The van der Waals surface area contributed by atoms with Gasteiger partial charge in [0.05, 0.1) is 33.4 Å². The lowest BCUT2D eigenvalue weighted by atomic mass is 9.66. The van der Waals surface area contributed by atoms with Gasteiger partial charge >= 0.3 is 12.1 Å². The Morgan fingerprint density at radius 3 is 2.57 bits per heavy atom. The van der Waals surface area contributed by atoms with E-state index in [0.717, 1.165) is 11.1 Å². The highest BCUT2D eigenvalue weighted by Crippen LogP contribution is 2.54. The SMILES string of the molecule is CCOC(=O)C[C@]12C=CC3(OCCO3)[C@H](C1)Oc1c(OC)cc(CCNC(=O)OC(C)(C)C)cc12. The molecule has 1 aromatic carbocycles. The second-order valence-corrected chi connectivity index (χ2v) is 10.1. The minimum atomic E-state index is -0.975. The monoisotopic (exact) mass is 489 g/mol. The molecule has 4 rings (SSSR count). The molecule has 1 amide bonds. The Balaban J connectivity index is 1.64. The van der Waals surface area contributed by atoms with E-state index in [-0.39, 0.29) is 12.4 Å². The fourth-order valence-electron chi connectivity index (χ4n) is 4.88. The van der Waals surface area contributed by atoms with Crippen molar-refractivity contribution in [2.75, 3.05) is 33.5 Å². The molecular formula is C26H35NO8. The number of esters is 1. The third-order valence-electron chi connectivity index (χ3n) is 6.35. The van der Waals surface area contributed by atoms with E-state index in [1.165, 1.54) is 0 Å². The lowest BCUT2D eigenvalue weighted by Gasteiger charge is -2.48. The molecule has 9 nitrogen and oxygen atoms in total. The molecule has 0 radical (unpaired) electrons. The highest BCUT2D eigenvalue weighted by molar-refractivity contribution is 5.74. The second kappa shape index (κ2) is 9.70. The third-order valence-corrected chi connectivity index (χ3v) is 6.35. The number of allylic oxidation sites excluding steroid dienone is 1. The molecule has 1 aromatic rings. The van der Waals surface area contributed by atoms with Crippen molar-refractivity contribution in [1.82, 2.24) is 5.32 Å². The quantitative estimate of drug-likeness (QED) is 0.459. The van der Waals surface area contributed by atoms with Gasteiger partial charge in [-0.3, -0.25) is 4.79 Å². The van der Waals surface area contributed by atoms with Crippen molar-refractivity contribution in [2.45, 2.75) is 69.9 Å². The van der Waals surface area contributed by atoms with Gasteiger partial charge in [-0.25, -0.2) is 4.79 Å². The molecule has 35 heavy (non-hydrogen) atoms. The summed E-state index contributed by atoms with van der Waals surface area (Å²) in [5.74, 6) is -0.142. The molecule has 192 valence electrons. The van der Waals surface area contributed by atoms with Gasteiger partial charge in [0, 0.05) is 23.9 Å². The first-order valence-electron chi connectivity index (χ1n) is 12.1. The van der Waals surface area contributed by atoms with Crippen LogP contribution in [0, 0.1) is 0 Å². The minimum absolute atomic E-state index is 0.156. The lowest BCUT2D eigenvalue weighted by molar-refractivity contribution is -0.192. The number of methoxy groups -OCH3 is 1. The number of nitrogens with one attached hydrogen (secondary N) is 1. The molecule has 3 aliphatic rings. The molecule has 0 saturated carbocycles. The average molecular weight is 490 g/mol. The van der Waals surface area contributed by atoms with Crippen molar-refractivity contribution in [2.24, 2.45) is 0 Å². The maximum atomic E-state index is 12.7. The summed E-state index contributed by atoms with van der Waals surface area (Å²) >= 11 is 0. The topological polar surface area (TPSA) is 102 Å². The van der Waals surface area contributed by atoms with Crippen LogP contribution in [0.4, 0.5) is 4.79 Å². The number of alkyl carbamates (subject to hydrolysis) is 1. The zero-order chi connectivity index (χ0) is 25.3. The number of hydrogen-bond donors (Lipinski definition) is 1. The van der Waals surface area contributed by atoms with Crippen LogP contribution < -0.4 is 14.8 Å². The number of carbonyl (C=O) groups is 2. The number of rotatable bonds is 7. The first-order chi connectivity index (χ1) is 16.6. The number of hydrogen-bond acceptors (Lipinski definition) is 8. The van der Waals surface area contributed by atoms with Gasteiger partial charge in [0.1, 0.15) is 5.60 Å². The van der Waals surface area contributed by atoms with Crippen LogP contribution in [-0.4, -0.2) is 63.0 Å². The highest BCUT2D eigenvalue weighted by atomic mass is 16.8. The highest BCUT2D eigenvalue weighted by Gasteiger charge is 2.56. The zero-order valence-corrected chi connectivity index (χ0v) is 21.1. The van der Waals surface area contributed by atoms with Gasteiger partial charge in [0.2, 0.25) is 5.79 Å². The van der Waals surface area contributed by atoms with E-state index in [4.69, 9.17) is 28.4 Å². The fraction of sp³-hybridized carbons (Fsp3) is 0.615. The predicted octanol–water partition coefficient (Wildman–Crippen LogP) is 3.42. The maximum Gasteiger partial charge on any atom is 0.407 e. The summed E-state index contributed by atoms with van der Waals surface area (Å²) in [6.45, 7) is 8.89. The van der Waals surface area contributed by atoms with Gasteiger partial charge < -0.3 is 33.7 Å². The molecule has 1 aliphatic carbocycles. The molecule has 2 bridgehead atoms. The molecule has 1 spiro atoms. The van der Waals surface area contributed by atoms with E-state index >= 15 is 0 Å². The Morgan fingerprint density at radius 1 is 1.17 bits per heavy atom. The minimum Gasteiger partial charge on any atom is -0.493 e. The number of amides is 1. The Hall–Kier alpha value is -2.78. The summed E-state index contributed by atoms with van der Waals surface area (Å²) in [4.78, 5) is 24.7. The van der Waals surface area contributed by atoms with Crippen LogP contribution in [0.2, 0.25) is 0 Å². The van der Waals surface area contributed by atoms with Gasteiger partial charge in [-0.05, 0) is 51.8 Å². The van der Waals surface area contributed by atoms with Crippen LogP contribution in [0.25, 0.3) is 0 Å². The number of ether oxygens (including phenoxy) is 6. The molecule has 0 aromatic heterocycles. The van der Waals surface area contributed by atoms with Gasteiger partial charge in [-0.15, -0.1) is 0 Å². The Bertz CT molecular complexity index is 992. The van der Waals surface area contributed by atoms with Crippen LogP contribution in [0.15, 0.2) is 24.3 Å². The first-order valence-corrected chi connectivity index (χ1v) is 12.1. The summed E-state index contributed by atoms with van der Waals surface area (Å²) < 4.78 is 34.6. The van der Waals surface area contributed by atoms with E-state index in [9.17, 15) is 9.59 Å². The van der Waals surface area contributed by atoms with Crippen molar-refractivity contribution in [3.63, 3.8) is 0 Å². The zero-order valence-electron chi connectivity index (χ0n) is 21.1. The van der Waals surface area contributed by atoms with Gasteiger partial charge in [-0.1, -0.05) is 12.1 Å². The van der Waals surface area contributed by atoms with Crippen molar-refractivity contribution in [1.29, 1.82) is 0 Å². The van der Waals surface area contributed by atoms with Crippen LogP contribution in [0.1, 0.15) is 51.7 Å². The molecule has 0 unspecified atom stereocenters. The van der Waals surface area contributed by atoms with E-state index in [2.05, 4.69) is 5.32 Å². The Morgan fingerprint density at radius 2 is 1.91 bits per heavy atom. The van der Waals surface area contributed by atoms with Crippen LogP contribution in [0.5, 0.6) is 11.5 Å². The summed E-state index contributed by atoms with van der Waals surface area (Å²) in [6.07, 6.45) is 4.16. The van der Waals surface area contributed by atoms with Crippen molar-refractivity contribution < 1.29 is 38.0 Å². The molecule has 1 fully saturated rings. The molecule has 2 heterocycles. The molecule has 9 heteroatoms. The Kier molecular flexibility index (Phi) is 7.02. The average Bonchev–Trinajstić information content (AvgIpc) is 3.25. The summed E-state index contributed by atoms with van der Waals surface area (Å²) in [6, 6.07) is 3.91. The smallest absolute Gasteiger partial charge is 0.407 e. The number of benzene rings is 1. The van der Waals surface area contributed by atoms with Gasteiger partial charge in [0.15, 0.2) is 17.6 Å². The molecule has 2 atom stereocenters. The summed E-state index contributed by atoms with van der Waals surface area (Å²) in [5, 5.41) is 2.79. The number of fused-ring (bicyclic) bond motifs is 5. The van der Waals surface area contributed by atoms with E-state index in [1.807, 2.05) is 45.1 Å². The van der Waals surface area contributed by atoms with Crippen LogP contribution in [0.3, 0.4) is 0 Å². The van der Waals surface area contributed by atoms with Gasteiger partial charge in [0.25, 0.3) is 0 Å². The van der Waals surface area contributed by atoms with Crippen molar-refractivity contribution >= 4 is 12.1 Å². The second-order valence-electron chi connectivity index (χ2n) is 10.1. The normalized spacial score (nSPS) is 23.9. The standard InChI is InChI=1S/C26H35NO8/c1-6-31-21(28)16-25-8-9-26(32-11-12-33-26)20(15-25)34-22-18(25)13-17(14-19(22)30-5)7-10-27-23(29)35-24(2,3)4/h8-9,13-14,20H,6-7,10-12,15-16H2,1-5H3,(H,27,29)/t20-,25-/m0/s1.